The number of allylic oxidation sites excluding steroid dienone is 20. The lowest BCUT2D eigenvalue weighted by Crippen LogP contribution is -2.30. The molecule has 0 spiro atoms. The van der Waals surface area contributed by atoms with Crippen molar-refractivity contribution in [2.45, 2.75) is 245 Å². The standard InChI is InChI=1S/C63H102O6/c1-4-7-10-13-16-19-22-25-26-27-28-29-30-31-32-33-34-35-36-39-41-44-47-50-53-56-62(65)68-59-60(69-63(66)57-54-51-48-45-42-38-24-21-18-15-12-9-6-3)58-67-61(64)55-52-49-46-43-40-37-23-20-17-14-11-8-5-2/h7,9-12,14,16,18-21,23,25-26,28-29,31-32,38,42,60H,4-6,8,13,15,17,22,24,27,30,33-37,39-41,43-59H2,1-3H3/b10-7-,12-9-,14-11-,19-16-,21-18-,23-20-,26-25-,29-28-,32-31-,42-38-. The van der Waals surface area contributed by atoms with Gasteiger partial charge in [0.1, 0.15) is 13.2 Å². The van der Waals surface area contributed by atoms with E-state index in [1.165, 1.54) is 44.9 Å². The van der Waals surface area contributed by atoms with Gasteiger partial charge in [-0.1, -0.05) is 219 Å². The molecule has 0 heterocycles. The van der Waals surface area contributed by atoms with Crippen molar-refractivity contribution < 1.29 is 28.6 Å². The van der Waals surface area contributed by atoms with Crippen molar-refractivity contribution in [3.05, 3.63) is 122 Å². The van der Waals surface area contributed by atoms with Crippen LogP contribution in [0.4, 0.5) is 0 Å². The molecule has 0 aromatic heterocycles. The second kappa shape index (κ2) is 56.4. The third-order valence-corrected chi connectivity index (χ3v) is 11.4. The van der Waals surface area contributed by atoms with Crippen LogP contribution in [-0.2, 0) is 28.6 Å². The second-order valence-corrected chi connectivity index (χ2v) is 18.1. The van der Waals surface area contributed by atoms with E-state index in [2.05, 4.69) is 142 Å². The quantitative estimate of drug-likeness (QED) is 0.0262. The summed E-state index contributed by atoms with van der Waals surface area (Å²) in [6.45, 7) is 6.29. The van der Waals surface area contributed by atoms with Gasteiger partial charge in [-0.25, -0.2) is 0 Å². The summed E-state index contributed by atoms with van der Waals surface area (Å²) >= 11 is 0. The van der Waals surface area contributed by atoms with Crippen LogP contribution in [0, 0.1) is 0 Å². The van der Waals surface area contributed by atoms with Crippen molar-refractivity contribution in [1.82, 2.24) is 0 Å². The molecule has 69 heavy (non-hydrogen) atoms. The molecule has 0 aliphatic rings. The van der Waals surface area contributed by atoms with Gasteiger partial charge in [0.2, 0.25) is 0 Å². The highest BCUT2D eigenvalue weighted by Crippen LogP contribution is 2.14. The molecule has 1 unspecified atom stereocenters. The Labute approximate surface area is 424 Å². The van der Waals surface area contributed by atoms with Crippen LogP contribution in [0.2, 0.25) is 0 Å². The first-order chi connectivity index (χ1) is 34.0. The van der Waals surface area contributed by atoms with Crippen LogP contribution in [0.15, 0.2) is 122 Å². The maximum Gasteiger partial charge on any atom is 0.306 e. The Hall–Kier alpha value is -4.19. The van der Waals surface area contributed by atoms with Crippen molar-refractivity contribution >= 4 is 17.9 Å². The number of esters is 3. The maximum atomic E-state index is 12.8. The summed E-state index contributed by atoms with van der Waals surface area (Å²) in [7, 11) is 0. The number of hydrogen-bond donors (Lipinski definition) is 0. The van der Waals surface area contributed by atoms with Gasteiger partial charge in [-0.2, -0.15) is 0 Å². The first kappa shape index (κ1) is 64.8. The van der Waals surface area contributed by atoms with Gasteiger partial charge in [0.05, 0.1) is 0 Å². The molecule has 0 rings (SSSR count). The van der Waals surface area contributed by atoms with Crippen molar-refractivity contribution in [3.63, 3.8) is 0 Å². The summed E-state index contributed by atoms with van der Waals surface area (Å²) in [5, 5.41) is 0. The van der Waals surface area contributed by atoms with Crippen molar-refractivity contribution in [2.24, 2.45) is 0 Å². The van der Waals surface area contributed by atoms with E-state index in [4.69, 9.17) is 14.2 Å². The summed E-state index contributed by atoms with van der Waals surface area (Å²) in [5.41, 5.74) is 0. The fourth-order valence-electron chi connectivity index (χ4n) is 7.28. The van der Waals surface area contributed by atoms with Gasteiger partial charge in [0.15, 0.2) is 6.10 Å². The monoisotopic (exact) mass is 955 g/mol. The molecule has 0 aromatic carbocycles. The van der Waals surface area contributed by atoms with Crippen molar-refractivity contribution in [3.8, 4) is 0 Å². The average molecular weight is 956 g/mol. The van der Waals surface area contributed by atoms with Gasteiger partial charge in [-0.05, 0) is 122 Å². The molecule has 6 nitrogen and oxygen atoms in total. The van der Waals surface area contributed by atoms with Crippen LogP contribution < -0.4 is 0 Å². The molecule has 0 aliphatic heterocycles. The number of ether oxygens (including phenoxy) is 3. The van der Waals surface area contributed by atoms with Gasteiger partial charge < -0.3 is 14.2 Å². The second-order valence-electron chi connectivity index (χ2n) is 18.1. The fourth-order valence-corrected chi connectivity index (χ4v) is 7.28. The van der Waals surface area contributed by atoms with Crippen LogP contribution in [-0.4, -0.2) is 37.2 Å². The van der Waals surface area contributed by atoms with E-state index in [9.17, 15) is 14.4 Å². The average Bonchev–Trinajstić information content (AvgIpc) is 3.35. The number of carbonyl (C=O) groups excluding carboxylic acids is 3. The van der Waals surface area contributed by atoms with Crippen LogP contribution in [0.5, 0.6) is 0 Å². The summed E-state index contributed by atoms with van der Waals surface area (Å²) in [6, 6.07) is 0. The fraction of sp³-hybridized carbons (Fsp3) is 0.635. The minimum Gasteiger partial charge on any atom is -0.462 e. The molecule has 0 saturated carbocycles. The first-order valence-corrected chi connectivity index (χ1v) is 28.0. The molecule has 0 bridgehead atoms. The van der Waals surface area contributed by atoms with E-state index in [1.807, 2.05) is 0 Å². The lowest BCUT2D eigenvalue weighted by atomic mass is 10.1. The van der Waals surface area contributed by atoms with E-state index in [0.717, 1.165) is 154 Å². The highest BCUT2D eigenvalue weighted by molar-refractivity contribution is 5.71. The van der Waals surface area contributed by atoms with Gasteiger partial charge in [-0.15, -0.1) is 0 Å². The third kappa shape index (κ3) is 54.6. The predicted molar refractivity (Wildman–Crippen MR) is 297 cm³/mol. The van der Waals surface area contributed by atoms with Crippen LogP contribution in [0.1, 0.15) is 239 Å². The Morgan fingerprint density at radius 1 is 0.304 bits per heavy atom. The van der Waals surface area contributed by atoms with Crippen molar-refractivity contribution in [1.29, 1.82) is 0 Å². The minimum atomic E-state index is -0.804. The number of carbonyl (C=O) groups is 3. The Morgan fingerprint density at radius 2 is 0.565 bits per heavy atom. The van der Waals surface area contributed by atoms with Gasteiger partial charge in [0.25, 0.3) is 0 Å². The Bertz CT molecular complexity index is 1470. The molecule has 390 valence electrons. The van der Waals surface area contributed by atoms with E-state index in [0.29, 0.717) is 12.8 Å². The zero-order chi connectivity index (χ0) is 50.0. The van der Waals surface area contributed by atoms with Crippen LogP contribution in [0.3, 0.4) is 0 Å². The minimum absolute atomic E-state index is 0.101. The first-order valence-electron chi connectivity index (χ1n) is 28.0. The topological polar surface area (TPSA) is 78.9 Å². The Balaban J connectivity index is 4.35. The maximum absolute atomic E-state index is 12.8. The highest BCUT2D eigenvalue weighted by atomic mass is 16.6. The van der Waals surface area contributed by atoms with Gasteiger partial charge >= 0.3 is 17.9 Å². The largest absolute Gasteiger partial charge is 0.462 e. The van der Waals surface area contributed by atoms with Crippen LogP contribution in [0.25, 0.3) is 0 Å². The molecule has 0 N–H and O–H groups in total. The molecule has 0 aliphatic carbocycles. The molecule has 1 atom stereocenters. The zero-order valence-corrected chi connectivity index (χ0v) is 44.5. The molecule has 0 saturated heterocycles. The Kier molecular flexibility index (Phi) is 53.0. The summed E-state index contributed by atoms with van der Waals surface area (Å²) in [4.78, 5) is 38.1. The molecule has 6 heteroatoms. The van der Waals surface area contributed by atoms with Gasteiger partial charge in [0, 0.05) is 19.3 Å². The summed E-state index contributed by atoms with van der Waals surface area (Å²) < 4.78 is 16.8. The summed E-state index contributed by atoms with van der Waals surface area (Å²) in [6.07, 6.45) is 77.6. The Morgan fingerprint density at radius 3 is 0.899 bits per heavy atom. The summed E-state index contributed by atoms with van der Waals surface area (Å²) in [5.74, 6) is -0.955. The lowest BCUT2D eigenvalue weighted by Gasteiger charge is -2.18. The third-order valence-electron chi connectivity index (χ3n) is 11.4. The molecule has 0 radical (unpaired) electrons. The molecule has 0 fully saturated rings. The zero-order valence-electron chi connectivity index (χ0n) is 44.5. The SMILES string of the molecule is CC/C=C\C/C=C\C/C=C\C/C=C\C/C=C\CCCCCCCCCCCC(=O)OCC(COC(=O)CCCCCCC/C=C\C/C=C\CCC)OC(=O)CCCCC/C=C\C/C=C\C/C=C\CC. The lowest BCUT2D eigenvalue weighted by molar-refractivity contribution is -0.167. The normalized spacial score (nSPS) is 13.0. The molecular weight excluding hydrogens is 853 g/mol. The van der Waals surface area contributed by atoms with E-state index in [1.54, 1.807) is 0 Å². The number of unbranched alkanes of at least 4 members (excludes halogenated alkanes) is 18. The van der Waals surface area contributed by atoms with E-state index < -0.39 is 6.10 Å². The van der Waals surface area contributed by atoms with Gasteiger partial charge in [-0.3, -0.25) is 14.4 Å². The highest BCUT2D eigenvalue weighted by Gasteiger charge is 2.19. The van der Waals surface area contributed by atoms with Crippen LogP contribution >= 0.6 is 0 Å². The smallest absolute Gasteiger partial charge is 0.306 e. The molecule has 0 aromatic rings. The predicted octanol–water partition coefficient (Wildman–Crippen LogP) is 18.9. The van der Waals surface area contributed by atoms with Crippen molar-refractivity contribution in [2.75, 3.05) is 13.2 Å². The van der Waals surface area contributed by atoms with E-state index >= 15 is 0 Å². The molecule has 0 amide bonds. The molecular formula is C63H102O6. The number of rotatable bonds is 49. The van der Waals surface area contributed by atoms with E-state index in [-0.39, 0.29) is 37.5 Å². The number of hydrogen-bond acceptors (Lipinski definition) is 6.